The first-order valence-corrected chi connectivity index (χ1v) is 4.36. The van der Waals surface area contributed by atoms with E-state index in [0.29, 0.717) is 0 Å². The lowest BCUT2D eigenvalue weighted by atomic mass is 10.8. The summed E-state index contributed by atoms with van der Waals surface area (Å²) in [4.78, 5) is 0. The third-order valence-electron chi connectivity index (χ3n) is 0.792. The summed E-state index contributed by atoms with van der Waals surface area (Å²) < 4.78 is 44.2. The van der Waals surface area contributed by atoms with Crippen LogP contribution in [0.2, 0.25) is 0 Å². The molecule has 0 rings (SSSR count). The molecule has 56 valence electrons. The van der Waals surface area contributed by atoms with E-state index < -0.39 is 20.1 Å². The van der Waals surface area contributed by atoms with Crippen molar-refractivity contribution >= 4 is 7.80 Å². The molecule has 0 spiro atoms. The van der Waals surface area contributed by atoms with Gasteiger partial charge in [-0.15, -0.1) is 0 Å². The second-order valence-electron chi connectivity index (χ2n) is 1.68. The Labute approximate surface area is 52.0 Å². The molecule has 9 heavy (non-hydrogen) atoms. The van der Waals surface area contributed by atoms with Gasteiger partial charge in [0.05, 0.1) is 14.0 Å². The average Bonchev–Trinajstić information content (AvgIpc) is 1.62. The molecule has 0 aromatic rings. The van der Waals surface area contributed by atoms with Crippen LogP contribution in [-0.4, -0.2) is 18.5 Å². The molecule has 0 amide bonds. The van der Waals surface area contributed by atoms with Crippen molar-refractivity contribution in [2.24, 2.45) is 0 Å². The fourth-order valence-electron chi connectivity index (χ4n) is 0.349. The second-order valence-corrected chi connectivity index (χ2v) is 3.82. The summed E-state index contributed by atoms with van der Waals surface area (Å²) in [5.74, 6) is 0. The topological polar surface area (TPSA) is 17.1 Å². The third-order valence-corrected chi connectivity index (χ3v) is 2.38. The van der Waals surface area contributed by atoms with Crippen LogP contribution in [0.25, 0.3) is 0 Å². The number of hydrogen-bond donors (Lipinski definition) is 0. The molecule has 5 heteroatoms. The fourth-order valence-corrected chi connectivity index (χ4v) is 1.05. The van der Waals surface area contributed by atoms with Crippen LogP contribution in [0.1, 0.15) is 6.92 Å². The Morgan fingerprint density at radius 3 is 2.00 bits per heavy atom. The summed E-state index contributed by atoms with van der Waals surface area (Å²) >= 11 is 0. The van der Waals surface area contributed by atoms with Gasteiger partial charge < -0.3 is 4.57 Å². The van der Waals surface area contributed by atoms with Crippen molar-refractivity contribution in [1.82, 2.24) is 0 Å². The highest BCUT2D eigenvalue weighted by Crippen LogP contribution is 2.29. The third kappa shape index (κ3) is 5.90. The molecule has 0 aromatic heterocycles. The van der Waals surface area contributed by atoms with Crippen molar-refractivity contribution in [1.29, 1.82) is 0 Å². The van der Waals surface area contributed by atoms with Gasteiger partial charge in [0.25, 0.3) is 0 Å². The van der Waals surface area contributed by atoms with Crippen molar-refractivity contribution in [2.45, 2.75) is 13.1 Å². The van der Waals surface area contributed by atoms with Crippen LogP contribution < -0.4 is 0 Å². The Balaban J connectivity index is 3.60. The Hall–Kier alpha value is 0.0200. The van der Waals surface area contributed by atoms with Gasteiger partial charge in [0, 0.05) is 0 Å². The molecule has 1 nitrogen and oxygen atoms in total. The molecule has 0 radical (unpaired) electrons. The van der Waals surface area contributed by atoms with Crippen LogP contribution in [0, 0.1) is 0 Å². The SMILES string of the molecule is CC[PH](=O)CC(F)(F)F. The summed E-state index contributed by atoms with van der Waals surface area (Å²) in [5.41, 5.74) is 0. The van der Waals surface area contributed by atoms with E-state index in [1.807, 2.05) is 0 Å². The predicted molar refractivity (Wildman–Crippen MR) is 30.5 cm³/mol. The molecule has 1 unspecified atom stereocenters. The normalized spacial score (nSPS) is 15.6. The first kappa shape index (κ1) is 9.02. The smallest absolute Gasteiger partial charge is 0.327 e. The molecule has 0 fully saturated rings. The first-order valence-electron chi connectivity index (χ1n) is 2.54. The second kappa shape index (κ2) is 3.25. The van der Waals surface area contributed by atoms with Crippen LogP contribution in [0.3, 0.4) is 0 Å². The summed E-state index contributed by atoms with van der Waals surface area (Å²) in [6.45, 7) is 1.49. The van der Waals surface area contributed by atoms with E-state index in [-0.39, 0.29) is 6.16 Å². The maximum atomic E-state index is 11.3. The molecule has 0 bridgehead atoms. The molecular weight excluding hydrogens is 152 g/mol. The van der Waals surface area contributed by atoms with E-state index in [1.165, 1.54) is 6.92 Å². The maximum Gasteiger partial charge on any atom is 0.395 e. The minimum Gasteiger partial charge on any atom is -0.327 e. The van der Waals surface area contributed by atoms with E-state index in [9.17, 15) is 17.7 Å². The highest BCUT2D eigenvalue weighted by molar-refractivity contribution is 7.44. The largest absolute Gasteiger partial charge is 0.395 e. The molecule has 0 aliphatic rings. The number of alkyl halides is 3. The zero-order valence-electron chi connectivity index (χ0n) is 4.96. The van der Waals surface area contributed by atoms with Crippen molar-refractivity contribution in [2.75, 3.05) is 12.3 Å². The lowest BCUT2D eigenvalue weighted by Gasteiger charge is -2.02. The van der Waals surface area contributed by atoms with Gasteiger partial charge in [-0.3, -0.25) is 0 Å². The van der Waals surface area contributed by atoms with Crippen molar-refractivity contribution < 1.29 is 17.7 Å². The molecule has 0 aliphatic carbocycles. The van der Waals surface area contributed by atoms with Gasteiger partial charge in [0.1, 0.15) is 0 Å². The van der Waals surface area contributed by atoms with Gasteiger partial charge in [-0.05, 0) is 6.16 Å². The van der Waals surface area contributed by atoms with Gasteiger partial charge in [-0.1, -0.05) is 6.92 Å². The zero-order valence-corrected chi connectivity index (χ0v) is 5.96. The zero-order chi connectivity index (χ0) is 7.49. The Kier molecular flexibility index (Phi) is 3.26. The quantitative estimate of drug-likeness (QED) is 0.565. The molecule has 0 aliphatic heterocycles. The van der Waals surface area contributed by atoms with Gasteiger partial charge in [-0.25, -0.2) is 0 Å². The summed E-state index contributed by atoms with van der Waals surface area (Å²) in [6.07, 6.45) is -5.20. The molecule has 0 aromatic carbocycles. The molecule has 0 N–H and O–H groups in total. The van der Waals surface area contributed by atoms with Crippen LogP contribution in [0.5, 0.6) is 0 Å². The Morgan fingerprint density at radius 2 is 1.89 bits per heavy atom. The van der Waals surface area contributed by atoms with Crippen molar-refractivity contribution in [3.05, 3.63) is 0 Å². The van der Waals surface area contributed by atoms with E-state index in [2.05, 4.69) is 0 Å². The van der Waals surface area contributed by atoms with Crippen LogP contribution in [-0.2, 0) is 4.57 Å². The highest BCUT2D eigenvalue weighted by Gasteiger charge is 2.29. The minimum absolute atomic E-state index is 0.143. The minimum atomic E-state index is -4.24. The lowest BCUT2D eigenvalue weighted by molar-refractivity contribution is -0.106. The van der Waals surface area contributed by atoms with Crippen molar-refractivity contribution in [3.63, 3.8) is 0 Å². The molecule has 1 atom stereocenters. The molecule has 0 heterocycles. The van der Waals surface area contributed by atoms with Gasteiger partial charge in [0.15, 0.2) is 0 Å². The first-order chi connectivity index (χ1) is 3.95. The Morgan fingerprint density at radius 1 is 1.44 bits per heavy atom. The van der Waals surface area contributed by atoms with E-state index in [1.54, 1.807) is 0 Å². The van der Waals surface area contributed by atoms with Crippen LogP contribution in [0.15, 0.2) is 0 Å². The fraction of sp³-hybridized carbons (Fsp3) is 1.00. The van der Waals surface area contributed by atoms with Gasteiger partial charge in [-0.2, -0.15) is 13.2 Å². The summed E-state index contributed by atoms with van der Waals surface area (Å²) in [7, 11) is -2.36. The van der Waals surface area contributed by atoms with Crippen molar-refractivity contribution in [3.8, 4) is 0 Å². The van der Waals surface area contributed by atoms with Crippen LogP contribution in [0.4, 0.5) is 13.2 Å². The summed E-state index contributed by atoms with van der Waals surface area (Å²) in [5, 5.41) is 0. The average molecular weight is 160 g/mol. The summed E-state index contributed by atoms with van der Waals surface area (Å²) in [6, 6.07) is 0. The van der Waals surface area contributed by atoms with Crippen LogP contribution >= 0.6 is 7.80 Å². The van der Waals surface area contributed by atoms with E-state index in [4.69, 9.17) is 0 Å². The molecule has 0 saturated heterocycles. The highest BCUT2D eigenvalue weighted by atomic mass is 31.1. The maximum absolute atomic E-state index is 11.3. The number of halogens is 3. The van der Waals surface area contributed by atoms with E-state index >= 15 is 0 Å². The monoisotopic (exact) mass is 160 g/mol. The van der Waals surface area contributed by atoms with Gasteiger partial charge in [0.2, 0.25) is 0 Å². The predicted octanol–water partition coefficient (Wildman–Crippen LogP) is 2.13. The standard InChI is InChI=1S/C4H8F3OP/c1-2-9(8)3-4(5,6)7/h9H,2-3H2,1H3. The lowest BCUT2D eigenvalue weighted by Crippen LogP contribution is -2.10. The Bertz CT molecular complexity index is 109. The number of rotatable bonds is 2. The van der Waals surface area contributed by atoms with Gasteiger partial charge >= 0.3 is 6.18 Å². The van der Waals surface area contributed by atoms with E-state index in [0.717, 1.165) is 0 Å². The number of hydrogen-bond acceptors (Lipinski definition) is 1. The molecular formula is C4H8F3OP. The molecule has 0 saturated carbocycles.